The fourth-order valence-corrected chi connectivity index (χ4v) is 1.37. The van der Waals surface area contributed by atoms with E-state index in [0.29, 0.717) is 16.8 Å². The van der Waals surface area contributed by atoms with Crippen LogP contribution in [0.3, 0.4) is 0 Å². The first-order chi connectivity index (χ1) is 9.67. The number of nitrogens with one attached hydrogen (secondary N) is 1. The highest BCUT2D eigenvalue weighted by Crippen LogP contribution is 2.20. The van der Waals surface area contributed by atoms with Gasteiger partial charge >= 0.3 is 11.9 Å². The van der Waals surface area contributed by atoms with Gasteiger partial charge in [0.25, 0.3) is 0 Å². The minimum atomic E-state index is -0.676. The van der Waals surface area contributed by atoms with Crippen molar-refractivity contribution in [2.45, 2.75) is 0 Å². The van der Waals surface area contributed by atoms with Crippen LogP contribution in [-0.2, 0) is 4.74 Å². The van der Waals surface area contributed by atoms with Crippen molar-refractivity contribution in [3.05, 3.63) is 24.1 Å². The lowest BCUT2D eigenvalue weighted by molar-refractivity contribution is 0.0558. The molecule has 0 atom stereocenters. The van der Waals surface area contributed by atoms with Crippen molar-refractivity contribution in [1.82, 2.24) is 4.98 Å². The van der Waals surface area contributed by atoms with Crippen molar-refractivity contribution in [3.8, 4) is 12.1 Å². The smallest absolute Gasteiger partial charge is 0.394 e. The van der Waals surface area contributed by atoms with Crippen molar-refractivity contribution < 1.29 is 13.9 Å². The fraction of sp³-hybridized carbons (Fsp3) is 0.0833. The Labute approximate surface area is 112 Å². The van der Waals surface area contributed by atoms with Crippen LogP contribution in [-0.4, -0.2) is 23.8 Å². The summed E-state index contributed by atoms with van der Waals surface area (Å²) in [5.41, 5.74) is 3.54. The average molecular weight is 269 g/mol. The van der Waals surface area contributed by atoms with Gasteiger partial charge in [-0.2, -0.15) is 15.6 Å². The van der Waals surface area contributed by atoms with E-state index < -0.39 is 5.97 Å². The molecule has 98 valence electrons. The fourth-order valence-electron chi connectivity index (χ4n) is 1.37. The second-order valence-electron chi connectivity index (χ2n) is 3.49. The molecule has 1 N–H and O–H groups in total. The lowest BCUT2D eigenvalue weighted by Crippen LogP contribution is -2.00. The Balaban J connectivity index is 2.30. The van der Waals surface area contributed by atoms with E-state index in [-0.39, 0.29) is 11.6 Å². The molecule has 0 saturated carbocycles. The number of carbonyl (C=O) groups is 1. The molecule has 2 aromatic rings. The van der Waals surface area contributed by atoms with E-state index in [1.54, 1.807) is 30.3 Å². The third-order valence-electron chi connectivity index (χ3n) is 2.26. The van der Waals surface area contributed by atoms with E-state index in [9.17, 15) is 4.79 Å². The number of esters is 1. The summed E-state index contributed by atoms with van der Waals surface area (Å²) >= 11 is 0. The number of anilines is 1. The molecule has 0 unspecified atom stereocenters. The summed E-state index contributed by atoms with van der Waals surface area (Å²) in [4.78, 5) is 15.2. The zero-order valence-corrected chi connectivity index (χ0v) is 10.2. The van der Waals surface area contributed by atoms with Crippen LogP contribution < -0.4 is 5.43 Å². The number of oxazole rings is 1. The highest BCUT2D eigenvalue weighted by Gasteiger charge is 2.14. The highest BCUT2D eigenvalue weighted by molar-refractivity contribution is 6.10. The number of methoxy groups -OCH3 is 1. The van der Waals surface area contributed by atoms with Gasteiger partial charge in [0, 0.05) is 0 Å². The highest BCUT2D eigenvalue weighted by atomic mass is 16.5. The molecule has 0 spiro atoms. The number of benzene rings is 1. The molecule has 0 aliphatic heterocycles. The number of ether oxygens (including phenoxy) is 1. The van der Waals surface area contributed by atoms with Gasteiger partial charge < -0.3 is 9.15 Å². The standard InChI is InChI=1S/C12H7N5O3/c1-19-12(18)11-15-9-4-7(2-3-10(9)20-11)16-17-8(5-13)6-14/h2-4,16H,1H3. The predicted molar refractivity (Wildman–Crippen MR) is 67.6 cm³/mol. The quantitative estimate of drug-likeness (QED) is 0.507. The minimum Gasteiger partial charge on any atom is -0.462 e. The first-order valence-electron chi connectivity index (χ1n) is 5.30. The van der Waals surface area contributed by atoms with Gasteiger partial charge in [-0.05, 0) is 18.2 Å². The van der Waals surface area contributed by atoms with Crippen LogP contribution in [0.2, 0.25) is 0 Å². The molecular weight excluding hydrogens is 262 g/mol. The number of hydrazone groups is 1. The van der Waals surface area contributed by atoms with Crippen molar-refractivity contribution in [2.24, 2.45) is 5.10 Å². The summed E-state index contributed by atoms with van der Waals surface area (Å²) in [5.74, 6) is -0.831. The van der Waals surface area contributed by atoms with Crippen LogP contribution in [0.1, 0.15) is 10.7 Å². The Hall–Kier alpha value is -3.39. The molecule has 0 bridgehead atoms. The molecule has 1 aromatic carbocycles. The van der Waals surface area contributed by atoms with E-state index >= 15 is 0 Å². The minimum absolute atomic E-state index is 0.155. The molecule has 0 saturated heterocycles. The zero-order valence-electron chi connectivity index (χ0n) is 10.2. The van der Waals surface area contributed by atoms with Crippen LogP contribution in [0.5, 0.6) is 0 Å². The van der Waals surface area contributed by atoms with Gasteiger partial charge in [-0.15, -0.1) is 0 Å². The van der Waals surface area contributed by atoms with E-state index in [1.165, 1.54) is 7.11 Å². The van der Waals surface area contributed by atoms with Gasteiger partial charge in [0.1, 0.15) is 17.7 Å². The molecule has 0 fully saturated rings. The summed E-state index contributed by atoms with van der Waals surface area (Å²) in [5, 5.41) is 20.7. The third-order valence-corrected chi connectivity index (χ3v) is 2.26. The Morgan fingerprint density at radius 1 is 1.45 bits per heavy atom. The van der Waals surface area contributed by atoms with E-state index in [1.807, 2.05) is 0 Å². The van der Waals surface area contributed by atoms with Crippen molar-refractivity contribution >= 4 is 28.5 Å². The molecule has 1 heterocycles. The molecule has 20 heavy (non-hydrogen) atoms. The van der Waals surface area contributed by atoms with Crippen LogP contribution in [0.25, 0.3) is 11.1 Å². The first kappa shape index (κ1) is 13.1. The van der Waals surface area contributed by atoms with Gasteiger partial charge in [0.2, 0.25) is 5.71 Å². The predicted octanol–water partition coefficient (Wildman–Crippen LogP) is 1.43. The summed E-state index contributed by atoms with van der Waals surface area (Å²) in [6.45, 7) is 0. The number of carbonyl (C=O) groups excluding carboxylic acids is 1. The van der Waals surface area contributed by atoms with Gasteiger partial charge in [0.05, 0.1) is 12.8 Å². The largest absolute Gasteiger partial charge is 0.462 e. The normalized spacial score (nSPS) is 9.35. The Morgan fingerprint density at radius 2 is 2.20 bits per heavy atom. The van der Waals surface area contributed by atoms with Crippen molar-refractivity contribution in [3.63, 3.8) is 0 Å². The molecule has 8 heteroatoms. The Bertz CT molecular complexity index is 762. The molecule has 1 aromatic heterocycles. The topological polar surface area (TPSA) is 124 Å². The van der Waals surface area contributed by atoms with Gasteiger partial charge in [-0.3, -0.25) is 5.43 Å². The van der Waals surface area contributed by atoms with Crippen molar-refractivity contribution in [2.75, 3.05) is 12.5 Å². The third kappa shape index (κ3) is 2.54. The molecule has 0 aliphatic carbocycles. The average Bonchev–Trinajstić information content (AvgIpc) is 2.90. The molecular formula is C12H7N5O3. The number of hydrogen-bond donors (Lipinski definition) is 1. The molecule has 2 rings (SSSR count). The van der Waals surface area contributed by atoms with Crippen LogP contribution in [0.15, 0.2) is 27.7 Å². The summed E-state index contributed by atoms with van der Waals surface area (Å²) in [6.07, 6.45) is 0. The SMILES string of the molecule is COC(=O)c1nc2cc(NN=C(C#N)C#N)ccc2o1. The maximum Gasteiger partial charge on any atom is 0.394 e. The summed E-state index contributed by atoms with van der Waals surface area (Å²) in [6, 6.07) is 7.97. The zero-order chi connectivity index (χ0) is 14.5. The number of hydrogen-bond acceptors (Lipinski definition) is 8. The number of nitriles is 2. The number of rotatable bonds is 3. The number of nitrogens with zero attached hydrogens (tertiary/aromatic N) is 4. The van der Waals surface area contributed by atoms with Gasteiger partial charge in [-0.25, -0.2) is 9.78 Å². The monoisotopic (exact) mass is 269 g/mol. The second kappa shape index (κ2) is 5.50. The molecule has 8 nitrogen and oxygen atoms in total. The van der Waals surface area contributed by atoms with E-state index in [2.05, 4.69) is 20.2 Å². The second-order valence-corrected chi connectivity index (χ2v) is 3.49. The Morgan fingerprint density at radius 3 is 2.85 bits per heavy atom. The lowest BCUT2D eigenvalue weighted by Gasteiger charge is -1.97. The molecule has 0 radical (unpaired) electrons. The first-order valence-corrected chi connectivity index (χ1v) is 5.30. The van der Waals surface area contributed by atoms with Crippen LogP contribution in [0, 0.1) is 22.7 Å². The van der Waals surface area contributed by atoms with Crippen LogP contribution >= 0.6 is 0 Å². The van der Waals surface area contributed by atoms with Gasteiger partial charge in [-0.1, -0.05) is 0 Å². The van der Waals surface area contributed by atoms with Crippen molar-refractivity contribution in [1.29, 1.82) is 10.5 Å². The number of aromatic nitrogens is 1. The molecule has 0 amide bonds. The number of fused-ring (bicyclic) bond motifs is 1. The Kier molecular flexibility index (Phi) is 3.59. The van der Waals surface area contributed by atoms with E-state index in [4.69, 9.17) is 14.9 Å². The molecule has 0 aliphatic rings. The summed E-state index contributed by atoms with van der Waals surface area (Å²) < 4.78 is 9.69. The van der Waals surface area contributed by atoms with E-state index in [0.717, 1.165) is 0 Å². The maximum atomic E-state index is 11.3. The summed E-state index contributed by atoms with van der Waals surface area (Å²) in [7, 11) is 1.23. The maximum absolute atomic E-state index is 11.3. The van der Waals surface area contributed by atoms with Gasteiger partial charge in [0.15, 0.2) is 5.58 Å². The van der Waals surface area contributed by atoms with Crippen LogP contribution in [0.4, 0.5) is 5.69 Å². The lowest BCUT2D eigenvalue weighted by atomic mass is 10.3.